The lowest BCUT2D eigenvalue weighted by molar-refractivity contribution is -0.120. The van der Waals surface area contributed by atoms with Crippen molar-refractivity contribution in [2.45, 2.75) is 13.0 Å². The highest BCUT2D eigenvalue weighted by Crippen LogP contribution is 2.16. The third-order valence-electron chi connectivity index (χ3n) is 4.27. The van der Waals surface area contributed by atoms with Crippen molar-refractivity contribution in [1.29, 1.82) is 0 Å². The Bertz CT molecular complexity index is 727. The fourth-order valence-corrected chi connectivity index (χ4v) is 3.56. The summed E-state index contributed by atoms with van der Waals surface area (Å²) in [5.41, 5.74) is 2.26. The van der Waals surface area contributed by atoms with Crippen molar-refractivity contribution in [3.8, 4) is 0 Å². The van der Waals surface area contributed by atoms with E-state index in [1.807, 2.05) is 0 Å². The smallest absolute Gasteiger partial charge is 0.239 e. The minimum Gasteiger partial charge on any atom is -0.360 e. The van der Waals surface area contributed by atoms with Crippen LogP contribution in [0.3, 0.4) is 0 Å². The highest BCUT2D eigenvalue weighted by Gasteiger charge is 2.16. The van der Waals surface area contributed by atoms with E-state index in [2.05, 4.69) is 67.6 Å². The zero-order chi connectivity index (χ0) is 18.2. The minimum atomic E-state index is 0.0828. The maximum atomic E-state index is 11.5. The fraction of sp³-hybridized carbons (Fsp3) is 0.368. The number of rotatable bonds is 6. The number of hydrogen-bond donors (Lipinski definition) is 3. The number of aliphatic imine (C=N–C) groups is 1. The van der Waals surface area contributed by atoms with Crippen molar-refractivity contribution in [3.63, 3.8) is 0 Å². The Labute approximate surface area is 158 Å². The van der Waals surface area contributed by atoms with E-state index in [9.17, 15) is 4.79 Å². The molecule has 3 N–H and O–H groups in total. The zero-order valence-corrected chi connectivity index (χ0v) is 15.8. The molecule has 1 amide bonds. The number of guanidine groups is 1. The predicted molar refractivity (Wildman–Crippen MR) is 108 cm³/mol. The maximum absolute atomic E-state index is 11.5. The summed E-state index contributed by atoms with van der Waals surface area (Å²) in [6, 6.07) is 12.6. The molecule has 138 valence electrons. The van der Waals surface area contributed by atoms with Gasteiger partial charge in [-0.05, 0) is 35.6 Å². The van der Waals surface area contributed by atoms with Crippen LogP contribution in [0.4, 0.5) is 5.69 Å². The first-order valence-electron chi connectivity index (χ1n) is 8.82. The third kappa shape index (κ3) is 5.23. The van der Waals surface area contributed by atoms with Gasteiger partial charge in [-0.3, -0.25) is 9.79 Å². The number of amides is 1. The molecule has 1 aliphatic heterocycles. The van der Waals surface area contributed by atoms with E-state index in [1.165, 1.54) is 10.4 Å². The fourth-order valence-electron chi connectivity index (χ4n) is 2.85. The lowest BCUT2D eigenvalue weighted by atomic mass is 10.2. The van der Waals surface area contributed by atoms with Gasteiger partial charge in [-0.25, -0.2) is 0 Å². The van der Waals surface area contributed by atoms with Crippen LogP contribution >= 0.6 is 11.3 Å². The molecular formula is C19H25N5OS. The number of benzene rings is 1. The van der Waals surface area contributed by atoms with Crippen LogP contribution in [0, 0.1) is 0 Å². The largest absolute Gasteiger partial charge is 0.360 e. The van der Waals surface area contributed by atoms with Gasteiger partial charge in [-0.2, -0.15) is 0 Å². The van der Waals surface area contributed by atoms with Crippen molar-refractivity contribution in [2.24, 2.45) is 4.99 Å². The molecule has 3 rings (SSSR count). The van der Waals surface area contributed by atoms with Crippen LogP contribution in [-0.2, 0) is 17.8 Å². The Hall–Kier alpha value is -2.54. The van der Waals surface area contributed by atoms with Crippen LogP contribution in [0.5, 0.6) is 0 Å². The molecule has 0 spiro atoms. The molecule has 0 bridgehead atoms. The first-order valence-corrected chi connectivity index (χ1v) is 9.70. The van der Waals surface area contributed by atoms with E-state index in [1.54, 1.807) is 18.4 Å². The number of nitrogens with zero attached hydrogens (tertiary/aromatic N) is 2. The monoisotopic (exact) mass is 371 g/mol. The minimum absolute atomic E-state index is 0.0828. The number of hydrogen-bond acceptors (Lipinski definition) is 4. The summed E-state index contributed by atoms with van der Waals surface area (Å²) in [7, 11) is 1.78. The van der Waals surface area contributed by atoms with Gasteiger partial charge in [0.15, 0.2) is 5.96 Å². The van der Waals surface area contributed by atoms with Crippen LogP contribution in [-0.4, -0.2) is 45.1 Å². The second-order valence-corrected chi connectivity index (χ2v) is 7.15. The third-order valence-corrected chi connectivity index (χ3v) is 5.20. The SMILES string of the molecule is CN=C(NCCc1cccs1)NCc1ccc(N2CCNC(=O)C2)cc1. The average molecular weight is 372 g/mol. The Morgan fingerprint density at radius 3 is 2.81 bits per heavy atom. The number of piperazine rings is 1. The summed E-state index contributed by atoms with van der Waals surface area (Å²) in [4.78, 5) is 19.2. The molecule has 1 aromatic heterocycles. The second-order valence-electron chi connectivity index (χ2n) is 6.12. The van der Waals surface area contributed by atoms with Crippen LogP contribution in [0.15, 0.2) is 46.8 Å². The molecule has 7 heteroatoms. The first kappa shape index (κ1) is 18.3. The second kappa shape index (κ2) is 9.24. The molecule has 1 aromatic carbocycles. The van der Waals surface area contributed by atoms with Crippen molar-refractivity contribution in [3.05, 3.63) is 52.2 Å². The summed E-state index contributed by atoms with van der Waals surface area (Å²) in [5.74, 6) is 0.887. The predicted octanol–water partition coefficient (Wildman–Crippen LogP) is 1.59. The molecule has 2 heterocycles. The van der Waals surface area contributed by atoms with Crippen molar-refractivity contribution >= 4 is 28.9 Å². The van der Waals surface area contributed by atoms with Crippen LogP contribution < -0.4 is 20.9 Å². The molecule has 1 fully saturated rings. The molecule has 2 aromatic rings. The van der Waals surface area contributed by atoms with Crippen LogP contribution in [0.2, 0.25) is 0 Å². The summed E-state index contributed by atoms with van der Waals surface area (Å²) in [6.45, 7) is 3.55. The Morgan fingerprint density at radius 2 is 2.12 bits per heavy atom. The molecule has 1 saturated heterocycles. The summed E-state index contributed by atoms with van der Waals surface area (Å²) >= 11 is 1.78. The summed E-state index contributed by atoms with van der Waals surface area (Å²) in [5, 5.41) is 11.6. The van der Waals surface area contributed by atoms with E-state index < -0.39 is 0 Å². The number of carbonyl (C=O) groups is 1. The Balaban J connectivity index is 1.45. The van der Waals surface area contributed by atoms with Crippen LogP contribution in [0.1, 0.15) is 10.4 Å². The van der Waals surface area contributed by atoms with Gasteiger partial charge >= 0.3 is 0 Å². The highest BCUT2D eigenvalue weighted by molar-refractivity contribution is 7.09. The van der Waals surface area contributed by atoms with Gasteiger partial charge in [0.2, 0.25) is 5.91 Å². The van der Waals surface area contributed by atoms with E-state index in [0.717, 1.165) is 31.2 Å². The molecule has 0 saturated carbocycles. The number of nitrogens with one attached hydrogen (secondary N) is 3. The standard InChI is InChI=1S/C19H25N5OS/c1-20-19(22-9-8-17-3-2-12-26-17)23-13-15-4-6-16(7-5-15)24-11-10-21-18(25)14-24/h2-7,12H,8-11,13-14H2,1H3,(H,21,25)(H2,20,22,23). The molecule has 6 nitrogen and oxygen atoms in total. The molecule has 26 heavy (non-hydrogen) atoms. The number of anilines is 1. The summed E-state index contributed by atoms with van der Waals surface area (Å²) in [6.07, 6.45) is 0.997. The van der Waals surface area contributed by atoms with Gasteiger partial charge in [-0.15, -0.1) is 11.3 Å². The number of carbonyl (C=O) groups excluding carboxylic acids is 1. The van der Waals surface area contributed by atoms with Crippen LogP contribution in [0.25, 0.3) is 0 Å². The van der Waals surface area contributed by atoms with Gasteiger partial charge < -0.3 is 20.9 Å². The molecule has 1 aliphatic rings. The quantitative estimate of drug-likeness (QED) is 0.533. The molecule has 0 atom stereocenters. The molecular weight excluding hydrogens is 346 g/mol. The highest BCUT2D eigenvalue weighted by atomic mass is 32.1. The van der Waals surface area contributed by atoms with E-state index in [4.69, 9.17) is 0 Å². The zero-order valence-electron chi connectivity index (χ0n) is 15.0. The van der Waals surface area contributed by atoms with Gasteiger partial charge in [0.1, 0.15) is 0 Å². The molecule has 0 unspecified atom stereocenters. The Morgan fingerprint density at radius 1 is 1.27 bits per heavy atom. The van der Waals surface area contributed by atoms with E-state index >= 15 is 0 Å². The van der Waals surface area contributed by atoms with Gasteiger partial charge in [-0.1, -0.05) is 18.2 Å². The van der Waals surface area contributed by atoms with Crippen molar-refractivity contribution in [1.82, 2.24) is 16.0 Å². The Kier molecular flexibility index (Phi) is 6.49. The van der Waals surface area contributed by atoms with E-state index in [0.29, 0.717) is 19.6 Å². The van der Waals surface area contributed by atoms with Gasteiger partial charge in [0.25, 0.3) is 0 Å². The first-order chi connectivity index (χ1) is 12.7. The lowest BCUT2D eigenvalue weighted by Gasteiger charge is -2.28. The lowest BCUT2D eigenvalue weighted by Crippen LogP contribution is -2.47. The van der Waals surface area contributed by atoms with Crippen molar-refractivity contribution < 1.29 is 4.79 Å². The molecule has 0 radical (unpaired) electrons. The average Bonchev–Trinajstić information content (AvgIpc) is 3.18. The normalized spacial score (nSPS) is 14.9. The van der Waals surface area contributed by atoms with Crippen molar-refractivity contribution in [2.75, 3.05) is 38.1 Å². The van der Waals surface area contributed by atoms with E-state index in [-0.39, 0.29) is 5.91 Å². The number of thiophene rings is 1. The maximum Gasteiger partial charge on any atom is 0.239 e. The van der Waals surface area contributed by atoms with Gasteiger partial charge in [0, 0.05) is 43.8 Å². The molecule has 0 aliphatic carbocycles. The summed E-state index contributed by atoms with van der Waals surface area (Å²) < 4.78 is 0. The topological polar surface area (TPSA) is 68.8 Å². The van der Waals surface area contributed by atoms with Gasteiger partial charge in [0.05, 0.1) is 6.54 Å².